The van der Waals surface area contributed by atoms with Gasteiger partial charge in [-0.2, -0.15) is 5.10 Å². The fourth-order valence-corrected chi connectivity index (χ4v) is 2.84. The van der Waals surface area contributed by atoms with Gasteiger partial charge in [-0.25, -0.2) is 0 Å². The number of nitrogens with two attached hydrogens (primary N) is 1. The van der Waals surface area contributed by atoms with Gasteiger partial charge in [-0.3, -0.25) is 0 Å². The van der Waals surface area contributed by atoms with Gasteiger partial charge in [0.2, 0.25) is 0 Å². The number of ether oxygens (including phenoxy) is 2. The van der Waals surface area contributed by atoms with Crippen molar-refractivity contribution in [2.45, 2.75) is 13.0 Å². The molecule has 0 aliphatic heterocycles. The van der Waals surface area contributed by atoms with Gasteiger partial charge in [0.05, 0.1) is 13.3 Å². The number of para-hydroxylation sites is 1. The van der Waals surface area contributed by atoms with Crippen molar-refractivity contribution in [3.63, 3.8) is 0 Å². The maximum Gasteiger partial charge on any atom is 0.125 e. The van der Waals surface area contributed by atoms with Gasteiger partial charge in [0.15, 0.2) is 0 Å². The third kappa shape index (κ3) is 4.42. The summed E-state index contributed by atoms with van der Waals surface area (Å²) in [6.07, 6.45) is 2.43. The quantitative estimate of drug-likeness (QED) is 0.397. The second-order valence-corrected chi connectivity index (χ2v) is 5.91. The number of rotatable bonds is 7. The van der Waals surface area contributed by atoms with Crippen molar-refractivity contribution < 1.29 is 9.47 Å². The molecule has 0 bridgehead atoms. The molecule has 0 amide bonds. The van der Waals surface area contributed by atoms with E-state index in [2.05, 4.69) is 23.3 Å². The molecule has 2 N–H and O–H groups in total. The molecule has 132 valence electrons. The molecule has 3 aromatic rings. The molecule has 4 heteroatoms. The Morgan fingerprint density at radius 2 is 1.65 bits per heavy atom. The Labute approximate surface area is 153 Å². The van der Waals surface area contributed by atoms with Crippen molar-refractivity contribution in [3.05, 3.63) is 95.1 Å². The lowest BCUT2D eigenvalue weighted by Crippen LogP contribution is -2.02. The van der Waals surface area contributed by atoms with Gasteiger partial charge in [0, 0.05) is 12.0 Å². The van der Waals surface area contributed by atoms with Gasteiger partial charge < -0.3 is 15.3 Å². The number of nitrogens with zero attached hydrogens (tertiary/aromatic N) is 1. The lowest BCUT2D eigenvalue weighted by molar-refractivity contribution is 0.294. The van der Waals surface area contributed by atoms with E-state index in [4.69, 9.17) is 15.3 Å². The second kappa shape index (κ2) is 8.72. The molecule has 0 aliphatic carbocycles. The van der Waals surface area contributed by atoms with Crippen LogP contribution < -0.4 is 15.3 Å². The van der Waals surface area contributed by atoms with Crippen molar-refractivity contribution in [3.8, 4) is 11.5 Å². The Morgan fingerprint density at radius 1 is 0.885 bits per heavy atom. The van der Waals surface area contributed by atoms with E-state index < -0.39 is 0 Å². The van der Waals surface area contributed by atoms with Crippen LogP contribution in [0.2, 0.25) is 0 Å². The molecule has 0 saturated heterocycles. The largest absolute Gasteiger partial charge is 0.496 e. The predicted octanol–water partition coefficient (Wildman–Crippen LogP) is 4.16. The summed E-state index contributed by atoms with van der Waals surface area (Å²) in [6, 6.07) is 24.2. The fraction of sp³-hybridized carbons (Fsp3) is 0.136. The standard InChI is InChI=1S/C22H22N2O2/c1-25-21-12-11-18(15-24-23)14-20(21)16-26-22-10-6-5-9-19(22)13-17-7-3-2-4-8-17/h2-12,14-15H,13,16,23H2,1H3. The van der Waals surface area contributed by atoms with E-state index in [9.17, 15) is 0 Å². The highest BCUT2D eigenvalue weighted by Crippen LogP contribution is 2.25. The van der Waals surface area contributed by atoms with E-state index in [1.165, 1.54) is 5.56 Å². The SMILES string of the molecule is COc1ccc(C=NN)cc1COc1ccccc1Cc1ccccc1. The van der Waals surface area contributed by atoms with Crippen molar-refractivity contribution in [2.24, 2.45) is 10.9 Å². The third-order valence-electron chi connectivity index (χ3n) is 4.12. The minimum absolute atomic E-state index is 0.404. The first-order valence-electron chi connectivity index (χ1n) is 8.45. The molecular formula is C22H22N2O2. The highest BCUT2D eigenvalue weighted by molar-refractivity contribution is 5.80. The fourth-order valence-electron chi connectivity index (χ4n) is 2.84. The average Bonchev–Trinajstić information content (AvgIpc) is 2.68. The van der Waals surface area contributed by atoms with E-state index in [-0.39, 0.29) is 0 Å². The molecule has 0 heterocycles. The van der Waals surface area contributed by atoms with Gasteiger partial charge in [-0.05, 0) is 41.0 Å². The molecule has 0 radical (unpaired) electrons. The Morgan fingerprint density at radius 3 is 2.42 bits per heavy atom. The summed E-state index contributed by atoms with van der Waals surface area (Å²) in [5, 5.41) is 3.58. The summed E-state index contributed by atoms with van der Waals surface area (Å²) in [6.45, 7) is 0.404. The highest BCUT2D eigenvalue weighted by Gasteiger charge is 2.08. The Bertz CT molecular complexity index is 876. The molecule has 0 aliphatic rings. The number of methoxy groups -OCH3 is 1. The first-order chi connectivity index (χ1) is 12.8. The summed E-state index contributed by atoms with van der Waals surface area (Å²) in [5.41, 5.74) is 4.25. The molecule has 0 spiro atoms. The first kappa shape index (κ1) is 17.5. The summed E-state index contributed by atoms with van der Waals surface area (Å²) >= 11 is 0. The van der Waals surface area contributed by atoms with Crippen LogP contribution in [0.4, 0.5) is 0 Å². The Balaban J connectivity index is 1.79. The summed E-state index contributed by atoms with van der Waals surface area (Å²) in [5.74, 6) is 6.90. The zero-order chi connectivity index (χ0) is 18.2. The van der Waals surface area contributed by atoms with Gasteiger partial charge in [0.25, 0.3) is 0 Å². The molecule has 3 aromatic carbocycles. The summed E-state index contributed by atoms with van der Waals surface area (Å²) < 4.78 is 11.6. The zero-order valence-electron chi connectivity index (χ0n) is 14.8. The second-order valence-electron chi connectivity index (χ2n) is 5.91. The molecule has 4 nitrogen and oxygen atoms in total. The van der Waals surface area contributed by atoms with Gasteiger partial charge >= 0.3 is 0 Å². The monoisotopic (exact) mass is 346 g/mol. The van der Waals surface area contributed by atoms with Crippen LogP contribution >= 0.6 is 0 Å². The van der Waals surface area contributed by atoms with Crippen molar-refractivity contribution in [1.29, 1.82) is 0 Å². The summed E-state index contributed by atoms with van der Waals surface area (Å²) in [7, 11) is 1.65. The van der Waals surface area contributed by atoms with Crippen molar-refractivity contribution in [1.82, 2.24) is 0 Å². The maximum atomic E-state index is 6.12. The van der Waals surface area contributed by atoms with Crippen LogP contribution in [-0.4, -0.2) is 13.3 Å². The van der Waals surface area contributed by atoms with Crippen LogP contribution in [-0.2, 0) is 13.0 Å². The van der Waals surface area contributed by atoms with E-state index in [0.717, 1.165) is 34.6 Å². The highest BCUT2D eigenvalue weighted by atomic mass is 16.5. The Kier molecular flexibility index (Phi) is 5.88. The minimum Gasteiger partial charge on any atom is -0.496 e. The smallest absolute Gasteiger partial charge is 0.125 e. The van der Waals surface area contributed by atoms with Gasteiger partial charge in [-0.1, -0.05) is 48.5 Å². The van der Waals surface area contributed by atoms with Crippen LogP contribution in [0.5, 0.6) is 11.5 Å². The first-order valence-corrected chi connectivity index (χ1v) is 8.45. The lowest BCUT2D eigenvalue weighted by Gasteiger charge is -2.14. The normalized spacial score (nSPS) is 10.8. The molecule has 0 aromatic heterocycles. The van der Waals surface area contributed by atoms with Crippen LogP contribution in [0, 0.1) is 0 Å². The number of hydrazone groups is 1. The zero-order valence-corrected chi connectivity index (χ0v) is 14.8. The van der Waals surface area contributed by atoms with Crippen LogP contribution in [0.15, 0.2) is 77.9 Å². The topological polar surface area (TPSA) is 56.8 Å². The maximum absolute atomic E-state index is 6.12. The van der Waals surface area contributed by atoms with Crippen LogP contribution in [0.1, 0.15) is 22.3 Å². The number of hydrogen-bond donors (Lipinski definition) is 1. The van der Waals surface area contributed by atoms with Crippen LogP contribution in [0.25, 0.3) is 0 Å². The molecule has 0 saturated carbocycles. The van der Waals surface area contributed by atoms with E-state index in [1.807, 2.05) is 54.6 Å². The molecule has 0 unspecified atom stereocenters. The molecule has 0 atom stereocenters. The van der Waals surface area contributed by atoms with Gasteiger partial charge in [0.1, 0.15) is 18.1 Å². The van der Waals surface area contributed by atoms with Crippen LogP contribution in [0.3, 0.4) is 0 Å². The molecule has 3 rings (SSSR count). The molecule has 26 heavy (non-hydrogen) atoms. The summed E-state index contributed by atoms with van der Waals surface area (Å²) in [4.78, 5) is 0. The number of hydrogen-bond acceptors (Lipinski definition) is 4. The van der Waals surface area contributed by atoms with Crippen molar-refractivity contribution in [2.75, 3.05) is 7.11 Å². The number of benzene rings is 3. The third-order valence-corrected chi connectivity index (χ3v) is 4.12. The van der Waals surface area contributed by atoms with Gasteiger partial charge in [-0.15, -0.1) is 0 Å². The molecular weight excluding hydrogens is 324 g/mol. The minimum atomic E-state index is 0.404. The molecule has 0 fully saturated rings. The van der Waals surface area contributed by atoms with E-state index in [1.54, 1.807) is 13.3 Å². The van der Waals surface area contributed by atoms with Crippen molar-refractivity contribution >= 4 is 6.21 Å². The average molecular weight is 346 g/mol. The lowest BCUT2D eigenvalue weighted by atomic mass is 10.0. The Hall–Kier alpha value is -3.27. The van der Waals surface area contributed by atoms with E-state index in [0.29, 0.717) is 6.61 Å². The predicted molar refractivity (Wildman–Crippen MR) is 105 cm³/mol. The van der Waals surface area contributed by atoms with E-state index >= 15 is 0 Å².